The van der Waals surface area contributed by atoms with Gasteiger partial charge in [-0.2, -0.15) is 0 Å². The van der Waals surface area contributed by atoms with Gasteiger partial charge >= 0.3 is 5.97 Å². The molecule has 0 atom stereocenters. The van der Waals surface area contributed by atoms with Gasteiger partial charge in [-0.1, -0.05) is 0 Å². The molecule has 0 unspecified atom stereocenters. The van der Waals surface area contributed by atoms with Gasteiger partial charge in [-0.05, 0) is 24.6 Å². The minimum atomic E-state index is -1.32. The van der Waals surface area contributed by atoms with Crippen molar-refractivity contribution in [3.05, 3.63) is 33.6 Å². The van der Waals surface area contributed by atoms with Crippen molar-refractivity contribution < 1.29 is 19.4 Å². The fraction of sp³-hybridized carbons (Fsp3) is 0.231. The Labute approximate surface area is 114 Å². The molecule has 0 fully saturated rings. The summed E-state index contributed by atoms with van der Waals surface area (Å²) < 4.78 is 10.4. The number of nitrogens with one attached hydrogen (secondary N) is 2. The summed E-state index contributed by atoms with van der Waals surface area (Å²) in [7, 11) is 2.98. The van der Waals surface area contributed by atoms with E-state index in [9.17, 15) is 9.59 Å². The lowest BCUT2D eigenvalue weighted by Gasteiger charge is -2.12. The van der Waals surface area contributed by atoms with E-state index in [0.717, 1.165) is 5.56 Å². The second-order valence-corrected chi connectivity index (χ2v) is 4.16. The number of carboxylic acid groups (broad SMARTS) is 1. The summed E-state index contributed by atoms with van der Waals surface area (Å²) in [6, 6.07) is 3.34. The predicted octanol–water partition coefficient (Wildman–Crippen LogP) is 1.39. The number of carboxylic acids is 1. The Morgan fingerprint density at radius 2 is 1.80 bits per heavy atom. The van der Waals surface area contributed by atoms with Crippen LogP contribution in [0, 0.1) is 6.92 Å². The summed E-state index contributed by atoms with van der Waals surface area (Å²) >= 11 is 0. The largest absolute Gasteiger partial charge is 0.496 e. The number of hydrogen-bond donors (Lipinski definition) is 3. The highest BCUT2D eigenvalue weighted by Crippen LogP contribution is 2.35. The number of aromatic carboxylic acids is 1. The second-order valence-electron chi connectivity index (χ2n) is 4.16. The fourth-order valence-electron chi connectivity index (χ4n) is 2.01. The van der Waals surface area contributed by atoms with Gasteiger partial charge in [-0.3, -0.25) is 15.0 Å². The molecule has 3 N–H and O–H groups in total. The summed E-state index contributed by atoms with van der Waals surface area (Å²) in [5.41, 5.74) is 0.356. The molecule has 1 aromatic carbocycles. The molecule has 7 heteroatoms. The summed E-state index contributed by atoms with van der Waals surface area (Å²) in [6.45, 7) is 1.84. The topological polar surface area (TPSA) is 104 Å². The number of H-pyrrole nitrogens is 2. The Bertz CT molecular complexity index is 714. The number of hydrogen-bond acceptors (Lipinski definition) is 4. The molecule has 106 valence electrons. The van der Waals surface area contributed by atoms with Crippen LogP contribution in [0.25, 0.3) is 11.3 Å². The van der Waals surface area contributed by atoms with Crippen molar-refractivity contribution in [1.29, 1.82) is 0 Å². The SMILES string of the molecule is COc1cc(-c2[nH][nH]c(=O)c2C(=O)O)c(OC)cc1C. The van der Waals surface area contributed by atoms with Crippen LogP contribution in [0.3, 0.4) is 0 Å². The van der Waals surface area contributed by atoms with E-state index in [1.165, 1.54) is 14.2 Å². The van der Waals surface area contributed by atoms with E-state index in [1.54, 1.807) is 12.1 Å². The van der Waals surface area contributed by atoms with Gasteiger partial charge in [0, 0.05) is 5.56 Å². The Hall–Kier alpha value is -2.70. The van der Waals surface area contributed by atoms with Crippen molar-refractivity contribution in [2.45, 2.75) is 6.92 Å². The maximum Gasteiger partial charge on any atom is 0.343 e. The number of aromatic amines is 2. The average molecular weight is 278 g/mol. The van der Waals surface area contributed by atoms with Crippen LogP contribution >= 0.6 is 0 Å². The second kappa shape index (κ2) is 5.12. The number of carbonyl (C=O) groups is 1. The van der Waals surface area contributed by atoms with E-state index in [2.05, 4.69) is 10.2 Å². The summed E-state index contributed by atoms with van der Waals surface area (Å²) in [5, 5.41) is 14.0. The number of benzene rings is 1. The van der Waals surface area contributed by atoms with E-state index in [-0.39, 0.29) is 11.3 Å². The van der Waals surface area contributed by atoms with Gasteiger partial charge in [0.2, 0.25) is 0 Å². The smallest absolute Gasteiger partial charge is 0.343 e. The molecule has 0 aliphatic heterocycles. The van der Waals surface area contributed by atoms with Crippen molar-refractivity contribution in [2.24, 2.45) is 0 Å². The fourth-order valence-corrected chi connectivity index (χ4v) is 2.01. The molecule has 0 aliphatic rings. The number of aromatic nitrogens is 2. The molecule has 0 radical (unpaired) electrons. The van der Waals surface area contributed by atoms with Crippen molar-refractivity contribution in [2.75, 3.05) is 14.2 Å². The van der Waals surface area contributed by atoms with Gasteiger partial charge < -0.3 is 14.6 Å². The third-order valence-electron chi connectivity index (χ3n) is 2.98. The molecule has 0 saturated carbocycles. The third-order valence-corrected chi connectivity index (χ3v) is 2.98. The molecule has 0 saturated heterocycles. The first-order valence-electron chi connectivity index (χ1n) is 5.76. The number of aryl methyl sites for hydroxylation is 1. The molecule has 0 spiro atoms. The van der Waals surface area contributed by atoms with Crippen LogP contribution in [0.4, 0.5) is 0 Å². The molecular formula is C13H14N2O5. The van der Waals surface area contributed by atoms with Crippen molar-refractivity contribution in [3.63, 3.8) is 0 Å². The van der Waals surface area contributed by atoms with Crippen molar-refractivity contribution >= 4 is 5.97 Å². The van der Waals surface area contributed by atoms with Crippen LogP contribution in [-0.4, -0.2) is 35.5 Å². The molecule has 2 rings (SSSR count). The van der Waals surface area contributed by atoms with E-state index in [1.807, 2.05) is 6.92 Å². The van der Waals surface area contributed by atoms with Crippen molar-refractivity contribution in [3.8, 4) is 22.8 Å². The van der Waals surface area contributed by atoms with Gasteiger partial charge in [0.1, 0.15) is 11.5 Å². The number of rotatable bonds is 4. The standard InChI is InChI=1S/C13H14N2O5/c1-6-4-9(20-3)7(5-8(6)19-2)11-10(13(17)18)12(16)15-14-11/h4-5H,1-3H3,(H,17,18)(H2,14,15,16). The summed E-state index contributed by atoms with van der Waals surface area (Å²) in [4.78, 5) is 22.7. The van der Waals surface area contributed by atoms with E-state index < -0.39 is 11.5 Å². The molecule has 0 aliphatic carbocycles. The van der Waals surface area contributed by atoms with Crippen LogP contribution in [-0.2, 0) is 0 Å². The molecular weight excluding hydrogens is 264 g/mol. The molecule has 0 bridgehead atoms. The monoisotopic (exact) mass is 278 g/mol. The quantitative estimate of drug-likeness (QED) is 0.784. The molecule has 1 heterocycles. The van der Waals surface area contributed by atoms with Crippen LogP contribution in [0.5, 0.6) is 11.5 Å². The first-order chi connectivity index (χ1) is 9.49. The zero-order chi connectivity index (χ0) is 14.9. The highest BCUT2D eigenvalue weighted by Gasteiger charge is 2.22. The Morgan fingerprint density at radius 1 is 1.15 bits per heavy atom. The lowest BCUT2D eigenvalue weighted by molar-refractivity contribution is 0.0696. The highest BCUT2D eigenvalue weighted by atomic mass is 16.5. The van der Waals surface area contributed by atoms with Gasteiger partial charge in [0.05, 0.1) is 19.9 Å². The summed E-state index contributed by atoms with van der Waals surface area (Å²) in [5.74, 6) is -0.302. The van der Waals surface area contributed by atoms with Crippen LogP contribution in [0.2, 0.25) is 0 Å². The zero-order valence-electron chi connectivity index (χ0n) is 11.2. The highest BCUT2D eigenvalue weighted by molar-refractivity contribution is 5.95. The maximum absolute atomic E-state index is 11.5. The van der Waals surface area contributed by atoms with Crippen LogP contribution in [0.1, 0.15) is 15.9 Å². The molecule has 7 nitrogen and oxygen atoms in total. The Balaban J connectivity index is 2.75. The van der Waals surface area contributed by atoms with Crippen LogP contribution in [0.15, 0.2) is 16.9 Å². The van der Waals surface area contributed by atoms with E-state index in [4.69, 9.17) is 14.6 Å². The molecule has 0 amide bonds. The van der Waals surface area contributed by atoms with E-state index >= 15 is 0 Å². The molecule has 20 heavy (non-hydrogen) atoms. The normalized spacial score (nSPS) is 10.3. The average Bonchev–Trinajstić information content (AvgIpc) is 2.80. The first kappa shape index (κ1) is 13.7. The minimum Gasteiger partial charge on any atom is -0.496 e. The maximum atomic E-state index is 11.5. The summed E-state index contributed by atoms with van der Waals surface area (Å²) in [6.07, 6.45) is 0. The Morgan fingerprint density at radius 3 is 2.35 bits per heavy atom. The lowest BCUT2D eigenvalue weighted by atomic mass is 10.0. The first-order valence-corrected chi connectivity index (χ1v) is 5.76. The molecule has 1 aromatic heterocycles. The zero-order valence-corrected chi connectivity index (χ0v) is 11.2. The van der Waals surface area contributed by atoms with Gasteiger partial charge in [-0.25, -0.2) is 4.79 Å². The van der Waals surface area contributed by atoms with Gasteiger partial charge in [0.15, 0.2) is 5.56 Å². The lowest BCUT2D eigenvalue weighted by Crippen LogP contribution is -2.12. The number of ether oxygens (including phenoxy) is 2. The third kappa shape index (κ3) is 2.13. The van der Waals surface area contributed by atoms with E-state index in [0.29, 0.717) is 17.1 Å². The predicted molar refractivity (Wildman–Crippen MR) is 71.6 cm³/mol. The van der Waals surface area contributed by atoms with Crippen molar-refractivity contribution in [1.82, 2.24) is 10.2 Å². The minimum absolute atomic E-state index is 0.151. The van der Waals surface area contributed by atoms with Gasteiger partial charge in [-0.15, -0.1) is 0 Å². The Kier molecular flexibility index (Phi) is 3.51. The van der Waals surface area contributed by atoms with Crippen LogP contribution < -0.4 is 15.0 Å². The molecule has 2 aromatic rings. The van der Waals surface area contributed by atoms with Gasteiger partial charge in [0.25, 0.3) is 5.56 Å². The number of methoxy groups -OCH3 is 2.